The quantitative estimate of drug-likeness (QED) is 0.687. The minimum Gasteiger partial charge on any atom is -0.495 e. The van der Waals surface area contributed by atoms with Crippen LogP contribution in [0.4, 0.5) is 11.6 Å². The molecule has 0 aliphatic carbocycles. The molecule has 0 aliphatic heterocycles. The van der Waals surface area contributed by atoms with Gasteiger partial charge in [0, 0.05) is 24.6 Å². The molecule has 3 aromatic rings. The average molecular weight is 369 g/mol. The fourth-order valence-corrected chi connectivity index (χ4v) is 2.52. The van der Waals surface area contributed by atoms with E-state index in [-0.39, 0.29) is 5.91 Å². The molecule has 26 heavy (non-hydrogen) atoms. The van der Waals surface area contributed by atoms with Crippen LogP contribution in [0.15, 0.2) is 60.9 Å². The monoisotopic (exact) mass is 368 g/mol. The number of methoxy groups -OCH3 is 1. The van der Waals surface area contributed by atoms with Crippen LogP contribution in [0.2, 0.25) is 5.02 Å². The van der Waals surface area contributed by atoms with Gasteiger partial charge in [-0.05, 0) is 23.8 Å². The third kappa shape index (κ3) is 4.49. The number of carbonyl (C=O) groups is 1. The van der Waals surface area contributed by atoms with Crippen LogP contribution in [-0.2, 0) is 6.54 Å². The van der Waals surface area contributed by atoms with Crippen LogP contribution in [0.5, 0.6) is 5.75 Å². The Morgan fingerprint density at radius 2 is 1.85 bits per heavy atom. The van der Waals surface area contributed by atoms with E-state index in [1.54, 1.807) is 18.2 Å². The predicted molar refractivity (Wildman–Crippen MR) is 102 cm³/mol. The Hall–Kier alpha value is -3.12. The van der Waals surface area contributed by atoms with Crippen molar-refractivity contribution < 1.29 is 9.53 Å². The number of carbonyl (C=O) groups excluding carboxylic acids is 1. The number of ether oxygens (including phenoxy) is 1. The molecular formula is C19H17ClN4O2. The van der Waals surface area contributed by atoms with Gasteiger partial charge in [-0.3, -0.25) is 4.79 Å². The van der Waals surface area contributed by atoms with Gasteiger partial charge in [0.05, 0.1) is 17.7 Å². The van der Waals surface area contributed by atoms with Crippen LogP contribution in [0.3, 0.4) is 0 Å². The fourth-order valence-electron chi connectivity index (χ4n) is 2.26. The Labute approximate surface area is 156 Å². The number of nitrogens with zero attached hydrogens (tertiary/aromatic N) is 2. The number of nitrogens with one attached hydrogen (secondary N) is 2. The highest BCUT2D eigenvalue weighted by molar-refractivity contribution is 6.32. The fraction of sp³-hybridized carbons (Fsp3) is 0.105. The number of rotatable bonds is 6. The van der Waals surface area contributed by atoms with Gasteiger partial charge in [0.2, 0.25) is 5.95 Å². The lowest BCUT2D eigenvalue weighted by Crippen LogP contribution is -2.13. The zero-order valence-corrected chi connectivity index (χ0v) is 14.8. The largest absolute Gasteiger partial charge is 0.495 e. The van der Waals surface area contributed by atoms with Crippen molar-refractivity contribution in [3.05, 3.63) is 77.1 Å². The van der Waals surface area contributed by atoms with Crippen molar-refractivity contribution in [1.82, 2.24) is 9.97 Å². The SMILES string of the molecule is COc1ccc(NC(=O)c2cnc(NCc3ccccc3)nc2)cc1Cl. The second kappa shape index (κ2) is 8.31. The maximum atomic E-state index is 12.3. The molecule has 2 aromatic carbocycles. The van der Waals surface area contributed by atoms with Crippen LogP contribution < -0.4 is 15.4 Å². The summed E-state index contributed by atoms with van der Waals surface area (Å²) in [5.41, 5.74) is 2.03. The first-order chi connectivity index (χ1) is 12.7. The van der Waals surface area contributed by atoms with E-state index < -0.39 is 0 Å². The van der Waals surface area contributed by atoms with Crippen molar-refractivity contribution >= 4 is 29.1 Å². The molecule has 7 heteroatoms. The Bertz CT molecular complexity index is 886. The van der Waals surface area contributed by atoms with Crippen LogP contribution >= 0.6 is 11.6 Å². The number of hydrogen-bond acceptors (Lipinski definition) is 5. The molecule has 0 atom stereocenters. The van der Waals surface area contributed by atoms with Gasteiger partial charge in [-0.1, -0.05) is 41.9 Å². The standard InChI is InChI=1S/C19H17ClN4O2/c1-26-17-8-7-15(9-16(17)20)24-18(25)14-11-22-19(23-12-14)21-10-13-5-3-2-4-6-13/h2-9,11-12H,10H2,1H3,(H,24,25)(H,21,22,23). The van der Waals surface area contributed by atoms with Gasteiger partial charge in [0.1, 0.15) is 5.75 Å². The summed E-state index contributed by atoms with van der Waals surface area (Å²) in [7, 11) is 1.53. The smallest absolute Gasteiger partial charge is 0.258 e. The first-order valence-corrected chi connectivity index (χ1v) is 8.28. The predicted octanol–water partition coefficient (Wildman–Crippen LogP) is 4.00. The molecule has 0 aliphatic rings. The molecule has 0 bridgehead atoms. The molecule has 0 fully saturated rings. The van der Waals surface area contributed by atoms with E-state index in [4.69, 9.17) is 16.3 Å². The molecule has 2 N–H and O–H groups in total. The van der Waals surface area contributed by atoms with E-state index in [1.807, 2.05) is 30.3 Å². The summed E-state index contributed by atoms with van der Waals surface area (Å²) in [5.74, 6) is 0.681. The van der Waals surface area contributed by atoms with E-state index in [0.29, 0.717) is 34.5 Å². The third-order valence-electron chi connectivity index (χ3n) is 3.62. The van der Waals surface area contributed by atoms with Gasteiger partial charge < -0.3 is 15.4 Å². The highest BCUT2D eigenvalue weighted by Gasteiger charge is 2.09. The molecule has 0 saturated carbocycles. The lowest BCUT2D eigenvalue weighted by Gasteiger charge is -2.08. The van der Waals surface area contributed by atoms with Crippen LogP contribution in [-0.4, -0.2) is 23.0 Å². The van der Waals surface area contributed by atoms with E-state index in [1.165, 1.54) is 19.5 Å². The molecule has 6 nitrogen and oxygen atoms in total. The van der Waals surface area contributed by atoms with E-state index in [2.05, 4.69) is 20.6 Å². The summed E-state index contributed by atoms with van der Waals surface area (Å²) >= 11 is 6.06. The molecule has 0 saturated heterocycles. The Morgan fingerprint density at radius 3 is 2.50 bits per heavy atom. The van der Waals surface area contributed by atoms with Crippen LogP contribution in [0, 0.1) is 0 Å². The second-order valence-corrected chi connectivity index (χ2v) is 5.85. The van der Waals surface area contributed by atoms with E-state index in [0.717, 1.165) is 5.56 Å². The number of benzene rings is 2. The molecule has 0 radical (unpaired) electrons. The van der Waals surface area contributed by atoms with Crippen molar-refractivity contribution in [1.29, 1.82) is 0 Å². The van der Waals surface area contributed by atoms with Crippen molar-refractivity contribution in [2.75, 3.05) is 17.7 Å². The maximum absolute atomic E-state index is 12.3. The summed E-state index contributed by atoms with van der Waals surface area (Å²) in [4.78, 5) is 20.6. The number of aromatic nitrogens is 2. The average Bonchev–Trinajstić information content (AvgIpc) is 2.68. The van der Waals surface area contributed by atoms with E-state index >= 15 is 0 Å². The van der Waals surface area contributed by atoms with Crippen molar-refractivity contribution in [3.8, 4) is 5.75 Å². The van der Waals surface area contributed by atoms with Gasteiger partial charge in [0.15, 0.2) is 0 Å². The zero-order valence-electron chi connectivity index (χ0n) is 14.1. The normalized spacial score (nSPS) is 10.2. The molecule has 1 aromatic heterocycles. The lowest BCUT2D eigenvalue weighted by molar-refractivity contribution is 0.102. The van der Waals surface area contributed by atoms with Crippen molar-refractivity contribution in [2.45, 2.75) is 6.54 Å². The Balaban J connectivity index is 1.60. The minimum absolute atomic E-state index is 0.319. The van der Waals surface area contributed by atoms with Gasteiger partial charge in [-0.2, -0.15) is 0 Å². The molecule has 1 amide bonds. The number of halogens is 1. The third-order valence-corrected chi connectivity index (χ3v) is 3.91. The van der Waals surface area contributed by atoms with Gasteiger partial charge in [0.25, 0.3) is 5.91 Å². The zero-order chi connectivity index (χ0) is 18.4. The summed E-state index contributed by atoms with van der Waals surface area (Å²) in [6, 6.07) is 14.9. The van der Waals surface area contributed by atoms with E-state index in [9.17, 15) is 4.79 Å². The second-order valence-electron chi connectivity index (χ2n) is 5.44. The van der Waals surface area contributed by atoms with Crippen LogP contribution in [0.25, 0.3) is 0 Å². The van der Waals surface area contributed by atoms with Crippen molar-refractivity contribution in [3.63, 3.8) is 0 Å². The molecular weight excluding hydrogens is 352 g/mol. The van der Waals surface area contributed by atoms with Crippen molar-refractivity contribution in [2.24, 2.45) is 0 Å². The Morgan fingerprint density at radius 1 is 1.12 bits per heavy atom. The number of hydrogen-bond donors (Lipinski definition) is 2. The lowest BCUT2D eigenvalue weighted by atomic mass is 10.2. The highest BCUT2D eigenvalue weighted by atomic mass is 35.5. The summed E-state index contributed by atoms with van der Waals surface area (Å²) in [6.07, 6.45) is 2.95. The topological polar surface area (TPSA) is 76.1 Å². The summed E-state index contributed by atoms with van der Waals surface area (Å²) in [6.45, 7) is 0.608. The summed E-state index contributed by atoms with van der Waals surface area (Å²) in [5, 5.41) is 6.28. The Kier molecular flexibility index (Phi) is 5.66. The summed E-state index contributed by atoms with van der Waals surface area (Å²) < 4.78 is 5.09. The molecule has 0 unspecified atom stereocenters. The minimum atomic E-state index is -0.319. The van der Waals surface area contributed by atoms with Gasteiger partial charge in [-0.15, -0.1) is 0 Å². The van der Waals surface area contributed by atoms with Crippen LogP contribution in [0.1, 0.15) is 15.9 Å². The molecule has 1 heterocycles. The van der Waals surface area contributed by atoms with Gasteiger partial charge in [-0.25, -0.2) is 9.97 Å². The highest BCUT2D eigenvalue weighted by Crippen LogP contribution is 2.27. The first-order valence-electron chi connectivity index (χ1n) is 7.90. The number of amides is 1. The maximum Gasteiger partial charge on any atom is 0.258 e. The molecule has 0 spiro atoms. The molecule has 3 rings (SSSR count). The first kappa shape index (κ1) is 17.7. The number of anilines is 2. The van der Waals surface area contributed by atoms with Gasteiger partial charge >= 0.3 is 0 Å². The molecule has 132 valence electrons.